The molecule has 0 amide bonds. The van der Waals surface area contributed by atoms with Gasteiger partial charge in [0.05, 0.1) is 5.56 Å². The third-order valence-electron chi connectivity index (χ3n) is 2.84. The molecule has 0 aliphatic rings. The molecule has 0 aliphatic carbocycles. The Kier molecular flexibility index (Phi) is 3.15. The molecular weight excluding hydrogens is 231 g/mol. The van der Waals surface area contributed by atoms with Gasteiger partial charge in [-0.1, -0.05) is 23.8 Å². The van der Waals surface area contributed by atoms with Crippen LogP contribution in [0.2, 0.25) is 0 Å². The second-order valence-corrected chi connectivity index (χ2v) is 4.35. The second kappa shape index (κ2) is 4.61. The molecule has 0 aromatic heterocycles. The third kappa shape index (κ3) is 2.40. The van der Waals surface area contributed by atoms with Crippen molar-refractivity contribution in [1.29, 1.82) is 0 Å². The van der Waals surface area contributed by atoms with Crippen LogP contribution in [-0.2, 0) is 0 Å². The molecule has 1 N–H and O–H groups in total. The number of rotatable bonds is 2. The average molecular weight is 244 g/mol. The summed E-state index contributed by atoms with van der Waals surface area (Å²) in [6.45, 7) is 3.90. The minimum atomic E-state index is -1.12. The first kappa shape index (κ1) is 12.3. The molecule has 2 nitrogen and oxygen atoms in total. The smallest absolute Gasteiger partial charge is 0.335 e. The maximum absolute atomic E-state index is 13.4. The van der Waals surface area contributed by atoms with Crippen LogP contribution in [0.25, 0.3) is 11.1 Å². The van der Waals surface area contributed by atoms with Gasteiger partial charge in [0.15, 0.2) is 0 Å². The number of carboxylic acids is 1. The molecule has 2 rings (SSSR count). The van der Waals surface area contributed by atoms with Crippen molar-refractivity contribution in [2.45, 2.75) is 13.8 Å². The first-order valence-electron chi connectivity index (χ1n) is 5.59. The van der Waals surface area contributed by atoms with Crippen LogP contribution in [0.3, 0.4) is 0 Å². The standard InChI is InChI=1S/C15H13FO2/c1-9-3-4-14(10(2)5-9)11-6-12(15(17)18)8-13(16)7-11/h3-8H,1-2H3,(H,17,18). The molecule has 0 radical (unpaired) electrons. The van der Waals surface area contributed by atoms with Crippen LogP contribution in [0.4, 0.5) is 4.39 Å². The summed E-state index contributed by atoms with van der Waals surface area (Å²) >= 11 is 0. The fraction of sp³-hybridized carbons (Fsp3) is 0.133. The molecular formula is C15H13FO2. The van der Waals surface area contributed by atoms with E-state index in [1.807, 2.05) is 32.0 Å². The van der Waals surface area contributed by atoms with E-state index in [4.69, 9.17) is 5.11 Å². The van der Waals surface area contributed by atoms with Gasteiger partial charge < -0.3 is 5.11 Å². The molecule has 0 spiro atoms. The van der Waals surface area contributed by atoms with Gasteiger partial charge in [-0.25, -0.2) is 9.18 Å². The number of halogens is 1. The molecule has 0 saturated heterocycles. The molecule has 0 saturated carbocycles. The lowest BCUT2D eigenvalue weighted by molar-refractivity contribution is 0.0696. The van der Waals surface area contributed by atoms with E-state index in [0.29, 0.717) is 5.56 Å². The molecule has 2 aromatic rings. The van der Waals surface area contributed by atoms with Crippen molar-refractivity contribution < 1.29 is 14.3 Å². The summed E-state index contributed by atoms with van der Waals surface area (Å²) in [5.74, 6) is -1.66. The Morgan fingerprint density at radius 1 is 1.11 bits per heavy atom. The lowest BCUT2D eigenvalue weighted by Gasteiger charge is -2.08. The Labute approximate surface area is 105 Å². The second-order valence-electron chi connectivity index (χ2n) is 4.35. The van der Waals surface area contributed by atoms with E-state index in [0.717, 1.165) is 22.8 Å². The summed E-state index contributed by atoms with van der Waals surface area (Å²) in [5.41, 5.74) is 3.51. The molecule has 3 heteroatoms. The summed E-state index contributed by atoms with van der Waals surface area (Å²) in [6.07, 6.45) is 0. The van der Waals surface area contributed by atoms with Crippen molar-refractivity contribution in [3.05, 3.63) is 58.9 Å². The lowest BCUT2D eigenvalue weighted by atomic mass is 9.97. The van der Waals surface area contributed by atoms with Crippen molar-refractivity contribution in [3.63, 3.8) is 0 Å². The van der Waals surface area contributed by atoms with E-state index < -0.39 is 11.8 Å². The number of aromatic carboxylic acids is 1. The molecule has 0 heterocycles. The zero-order chi connectivity index (χ0) is 13.3. The third-order valence-corrected chi connectivity index (χ3v) is 2.84. The zero-order valence-corrected chi connectivity index (χ0v) is 10.2. The highest BCUT2D eigenvalue weighted by Crippen LogP contribution is 2.26. The van der Waals surface area contributed by atoms with Crippen LogP contribution in [0.15, 0.2) is 36.4 Å². The van der Waals surface area contributed by atoms with E-state index in [2.05, 4.69) is 0 Å². The molecule has 0 unspecified atom stereocenters. The van der Waals surface area contributed by atoms with Gasteiger partial charge in [-0.05, 0) is 48.7 Å². The largest absolute Gasteiger partial charge is 0.478 e. The number of aryl methyl sites for hydroxylation is 2. The van der Waals surface area contributed by atoms with E-state index in [9.17, 15) is 9.18 Å². The molecule has 0 atom stereocenters. The Hall–Kier alpha value is -2.16. The number of hydrogen-bond donors (Lipinski definition) is 1. The predicted molar refractivity (Wildman–Crippen MR) is 68.3 cm³/mol. The Bertz CT molecular complexity index is 618. The SMILES string of the molecule is Cc1ccc(-c2cc(F)cc(C(=O)O)c2)c(C)c1. The van der Waals surface area contributed by atoms with E-state index >= 15 is 0 Å². The van der Waals surface area contributed by atoms with Gasteiger partial charge in [-0.2, -0.15) is 0 Å². The number of hydrogen-bond acceptors (Lipinski definition) is 1. The lowest BCUT2D eigenvalue weighted by Crippen LogP contribution is -1.98. The van der Waals surface area contributed by atoms with Crippen molar-refractivity contribution in [3.8, 4) is 11.1 Å². The van der Waals surface area contributed by atoms with Gasteiger partial charge in [-0.15, -0.1) is 0 Å². The Morgan fingerprint density at radius 3 is 2.44 bits per heavy atom. The number of benzene rings is 2. The normalized spacial score (nSPS) is 10.4. The van der Waals surface area contributed by atoms with E-state index in [1.54, 1.807) is 0 Å². The molecule has 0 aliphatic heterocycles. The molecule has 2 aromatic carbocycles. The molecule has 92 valence electrons. The molecule has 0 bridgehead atoms. The van der Waals surface area contributed by atoms with Crippen molar-refractivity contribution in [2.24, 2.45) is 0 Å². The Morgan fingerprint density at radius 2 is 1.83 bits per heavy atom. The van der Waals surface area contributed by atoms with Gasteiger partial charge in [0.2, 0.25) is 0 Å². The zero-order valence-electron chi connectivity index (χ0n) is 10.2. The summed E-state index contributed by atoms with van der Waals surface area (Å²) < 4.78 is 13.4. The van der Waals surface area contributed by atoms with Crippen LogP contribution in [0.1, 0.15) is 21.5 Å². The quantitative estimate of drug-likeness (QED) is 0.872. The molecule has 0 fully saturated rings. The van der Waals surface area contributed by atoms with E-state index in [-0.39, 0.29) is 5.56 Å². The summed E-state index contributed by atoms with van der Waals surface area (Å²) in [5, 5.41) is 8.93. The van der Waals surface area contributed by atoms with Gasteiger partial charge in [-0.3, -0.25) is 0 Å². The van der Waals surface area contributed by atoms with Crippen molar-refractivity contribution in [1.82, 2.24) is 0 Å². The first-order valence-corrected chi connectivity index (χ1v) is 5.59. The molecule has 18 heavy (non-hydrogen) atoms. The summed E-state index contributed by atoms with van der Waals surface area (Å²) in [4.78, 5) is 10.9. The maximum atomic E-state index is 13.4. The number of carboxylic acid groups (broad SMARTS) is 1. The highest BCUT2D eigenvalue weighted by molar-refractivity contribution is 5.89. The highest BCUT2D eigenvalue weighted by Gasteiger charge is 2.09. The fourth-order valence-electron chi connectivity index (χ4n) is 2.01. The monoisotopic (exact) mass is 244 g/mol. The average Bonchev–Trinajstić information content (AvgIpc) is 2.27. The minimum absolute atomic E-state index is 0.0371. The van der Waals surface area contributed by atoms with Crippen LogP contribution in [-0.4, -0.2) is 11.1 Å². The van der Waals surface area contributed by atoms with Crippen LogP contribution < -0.4 is 0 Å². The minimum Gasteiger partial charge on any atom is -0.478 e. The van der Waals surface area contributed by atoms with Crippen molar-refractivity contribution >= 4 is 5.97 Å². The first-order chi connectivity index (χ1) is 8.47. The Balaban J connectivity index is 2.60. The summed E-state index contributed by atoms with van der Waals surface area (Å²) in [6, 6.07) is 9.65. The van der Waals surface area contributed by atoms with Crippen LogP contribution >= 0.6 is 0 Å². The van der Waals surface area contributed by atoms with Gasteiger partial charge >= 0.3 is 5.97 Å². The van der Waals surface area contributed by atoms with Crippen molar-refractivity contribution in [2.75, 3.05) is 0 Å². The maximum Gasteiger partial charge on any atom is 0.335 e. The van der Waals surface area contributed by atoms with Crippen LogP contribution in [0, 0.1) is 19.7 Å². The van der Waals surface area contributed by atoms with E-state index in [1.165, 1.54) is 12.1 Å². The van der Waals surface area contributed by atoms with Gasteiger partial charge in [0, 0.05) is 0 Å². The topological polar surface area (TPSA) is 37.3 Å². The highest BCUT2D eigenvalue weighted by atomic mass is 19.1. The van der Waals surface area contributed by atoms with Crippen LogP contribution in [0.5, 0.6) is 0 Å². The van der Waals surface area contributed by atoms with Gasteiger partial charge in [0.25, 0.3) is 0 Å². The number of carbonyl (C=O) groups is 1. The fourth-order valence-corrected chi connectivity index (χ4v) is 2.01. The van der Waals surface area contributed by atoms with Gasteiger partial charge in [0.1, 0.15) is 5.82 Å². The predicted octanol–water partition coefficient (Wildman–Crippen LogP) is 3.81. The summed E-state index contributed by atoms with van der Waals surface area (Å²) in [7, 11) is 0.